The number of rotatable bonds is 1. The van der Waals surface area contributed by atoms with Crippen molar-refractivity contribution in [3.63, 3.8) is 0 Å². The minimum absolute atomic E-state index is 0.00787. The number of Topliss-reactive ketones (excluding diaryl/α,β-unsaturated/α-hetero) is 1. The van der Waals surface area contributed by atoms with E-state index in [1.54, 1.807) is 0 Å². The van der Waals surface area contributed by atoms with E-state index in [9.17, 15) is 14.7 Å². The van der Waals surface area contributed by atoms with Crippen LogP contribution < -0.4 is 0 Å². The van der Waals surface area contributed by atoms with Crippen LogP contribution in [0.1, 0.15) is 99.3 Å². The van der Waals surface area contributed by atoms with Crippen LogP contribution in [0, 0.1) is 52.8 Å². The van der Waals surface area contributed by atoms with E-state index in [4.69, 9.17) is 4.74 Å². The lowest BCUT2D eigenvalue weighted by molar-refractivity contribution is -0.218. The highest BCUT2D eigenvalue weighted by atomic mass is 16.6. The van der Waals surface area contributed by atoms with Gasteiger partial charge in [0, 0.05) is 37.9 Å². The van der Waals surface area contributed by atoms with Crippen LogP contribution in [0.15, 0.2) is 0 Å². The van der Waals surface area contributed by atoms with Crippen molar-refractivity contribution in [1.82, 2.24) is 4.90 Å². The van der Waals surface area contributed by atoms with Crippen LogP contribution in [-0.2, 0) is 14.3 Å². The molecule has 0 bridgehead atoms. The van der Waals surface area contributed by atoms with Gasteiger partial charge in [0.25, 0.3) is 0 Å². The summed E-state index contributed by atoms with van der Waals surface area (Å²) in [5, 5.41) is 12.2. The van der Waals surface area contributed by atoms with E-state index in [1.165, 1.54) is 26.2 Å². The molecule has 4 saturated carbocycles. The second-order valence-electron chi connectivity index (χ2n) is 15.1. The molecule has 2 heterocycles. The lowest BCUT2D eigenvalue weighted by atomic mass is 9.50. The van der Waals surface area contributed by atoms with Gasteiger partial charge in [-0.25, -0.2) is 0 Å². The molecule has 5 nitrogen and oxygen atoms in total. The predicted octanol–water partition coefficient (Wildman–Crippen LogP) is 5.24. The third kappa shape index (κ3) is 3.39. The first kappa shape index (κ1) is 25.3. The summed E-state index contributed by atoms with van der Waals surface area (Å²) in [6.07, 6.45) is 9.05. The van der Waals surface area contributed by atoms with E-state index in [2.05, 4.69) is 32.6 Å². The van der Waals surface area contributed by atoms with Gasteiger partial charge in [0.15, 0.2) is 0 Å². The van der Waals surface area contributed by atoms with E-state index in [0.29, 0.717) is 60.1 Å². The van der Waals surface area contributed by atoms with Crippen LogP contribution in [0.3, 0.4) is 0 Å². The molecule has 0 spiro atoms. The molecule has 2 saturated heterocycles. The molecule has 202 valence electrons. The number of piperidine rings is 2. The molecule has 6 aliphatic rings. The smallest absolute Gasteiger partial charge is 0.303 e. The molecule has 36 heavy (non-hydrogen) atoms. The summed E-state index contributed by atoms with van der Waals surface area (Å²) < 4.78 is 5.76. The number of fused-ring (bicyclic) bond motifs is 8. The number of hydrogen-bond donors (Lipinski definition) is 1. The van der Waals surface area contributed by atoms with Crippen LogP contribution in [0.2, 0.25) is 0 Å². The monoisotopic (exact) mass is 499 g/mol. The molecular weight excluding hydrogens is 450 g/mol. The van der Waals surface area contributed by atoms with Crippen molar-refractivity contribution < 1.29 is 19.4 Å². The van der Waals surface area contributed by atoms with Crippen molar-refractivity contribution in [3.8, 4) is 0 Å². The zero-order valence-electron chi connectivity index (χ0n) is 23.5. The predicted molar refractivity (Wildman–Crippen MR) is 139 cm³/mol. The van der Waals surface area contributed by atoms with Gasteiger partial charge in [-0.3, -0.25) is 14.5 Å². The third-order valence-corrected chi connectivity index (χ3v) is 13.3. The summed E-state index contributed by atoms with van der Waals surface area (Å²) in [6.45, 7) is 15.0. The maximum absolute atomic E-state index is 13.7. The first-order valence-electron chi connectivity index (χ1n) is 15.0. The highest BCUT2D eigenvalue weighted by molar-refractivity contribution is 5.83. The summed E-state index contributed by atoms with van der Waals surface area (Å²) in [7, 11) is 0. The third-order valence-electron chi connectivity index (χ3n) is 13.3. The van der Waals surface area contributed by atoms with Crippen LogP contribution in [-0.4, -0.2) is 51.6 Å². The Morgan fingerprint density at radius 1 is 0.944 bits per heavy atom. The molecule has 0 radical (unpaired) electrons. The molecule has 6 fully saturated rings. The molecule has 2 aliphatic heterocycles. The number of carbonyl (C=O) groups is 2. The number of carbonyl (C=O) groups excluding carboxylic acids is 2. The van der Waals surface area contributed by atoms with Crippen molar-refractivity contribution in [3.05, 3.63) is 0 Å². The summed E-state index contributed by atoms with van der Waals surface area (Å²) in [5.41, 5.74) is -1.27. The van der Waals surface area contributed by atoms with Crippen LogP contribution in [0.4, 0.5) is 0 Å². The topological polar surface area (TPSA) is 66.8 Å². The Balaban J connectivity index is 1.29. The van der Waals surface area contributed by atoms with Gasteiger partial charge in [0.05, 0.1) is 5.60 Å². The molecule has 12 unspecified atom stereocenters. The Morgan fingerprint density at radius 3 is 2.42 bits per heavy atom. The molecular formula is C31H49NO4. The minimum Gasteiger partial charge on any atom is -0.460 e. The fourth-order valence-electron chi connectivity index (χ4n) is 11.1. The highest BCUT2D eigenvalue weighted by Gasteiger charge is 2.67. The summed E-state index contributed by atoms with van der Waals surface area (Å²) in [5.74, 6) is 4.13. The van der Waals surface area contributed by atoms with Gasteiger partial charge in [-0.15, -0.1) is 0 Å². The average molecular weight is 500 g/mol. The maximum Gasteiger partial charge on any atom is 0.303 e. The van der Waals surface area contributed by atoms with Crippen molar-refractivity contribution >= 4 is 11.8 Å². The van der Waals surface area contributed by atoms with E-state index >= 15 is 0 Å². The zero-order valence-corrected chi connectivity index (χ0v) is 23.5. The number of esters is 1. The molecule has 0 aromatic heterocycles. The fourth-order valence-corrected chi connectivity index (χ4v) is 11.1. The van der Waals surface area contributed by atoms with Crippen LogP contribution in [0.25, 0.3) is 0 Å². The molecule has 6 rings (SSSR count). The van der Waals surface area contributed by atoms with Gasteiger partial charge in [0.2, 0.25) is 0 Å². The summed E-state index contributed by atoms with van der Waals surface area (Å²) >= 11 is 0. The Hall–Kier alpha value is -0.940. The lowest BCUT2D eigenvalue weighted by Crippen LogP contribution is -2.73. The molecule has 5 heteroatoms. The van der Waals surface area contributed by atoms with Crippen molar-refractivity contribution in [2.75, 3.05) is 13.1 Å². The first-order valence-corrected chi connectivity index (χ1v) is 15.0. The number of nitrogens with zero attached hydrogens (tertiary/aromatic N) is 1. The van der Waals surface area contributed by atoms with Gasteiger partial charge in [-0.2, -0.15) is 0 Å². The number of ketones is 1. The molecule has 4 aliphatic carbocycles. The first-order chi connectivity index (χ1) is 16.8. The van der Waals surface area contributed by atoms with Crippen molar-refractivity contribution in [1.29, 1.82) is 0 Å². The average Bonchev–Trinajstić information content (AvgIpc) is 3.16. The summed E-state index contributed by atoms with van der Waals surface area (Å²) in [4.78, 5) is 28.2. The van der Waals surface area contributed by atoms with Gasteiger partial charge in [-0.1, -0.05) is 13.8 Å². The SMILES string of the molecule is CC(=O)OC1(C)CCC2(C)C(C1)C(=O)CC1C3CCC4C(CN5CC(C)CCC5(C)C4(C)O)C3CC12. The second-order valence-corrected chi connectivity index (χ2v) is 15.1. The Kier molecular flexibility index (Phi) is 5.66. The maximum atomic E-state index is 13.7. The zero-order chi connectivity index (χ0) is 25.8. The van der Waals surface area contributed by atoms with Crippen LogP contribution >= 0.6 is 0 Å². The normalized spacial score (nSPS) is 56.6. The Bertz CT molecular complexity index is 947. The Labute approximate surface area is 218 Å². The molecule has 0 amide bonds. The largest absolute Gasteiger partial charge is 0.460 e. The standard InChI is InChI=1S/C31H49NO4/c1-18-9-10-30(5)31(6,35)24-8-7-20-21(23(24)17-32(30)16-18)13-25-22(20)14-27(34)26-15-28(3,36-19(2)33)11-12-29(25,26)4/h18,20-26,35H,7-17H2,1-6H3. The van der Waals surface area contributed by atoms with Gasteiger partial charge in [-0.05, 0) is 119 Å². The Morgan fingerprint density at radius 2 is 1.69 bits per heavy atom. The fraction of sp³-hybridized carbons (Fsp3) is 0.935. The number of aliphatic hydroxyl groups is 1. The number of hydrogen-bond acceptors (Lipinski definition) is 5. The highest BCUT2D eigenvalue weighted by Crippen LogP contribution is 2.68. The lowest BCUT2D eigenvalue weighted by Gasteiger charge is -2.65. The van der Waals surface area contributed by atoms with Crippen LogP contribution in [0.5, 0.6) is 0 Å². The minimum atomic E-state index is -0.659. The van der Waals surface area contributed by atoms with E-state index in [1.807, 2.05) is 6.92 Å². The quantitative estimate of drug-likeness (QED) is 0.500. The van der Waals surface area contributed by atoms with E-state index in [-0.39, 0.29) is 22.8 Å². The van der Waals surface area contributed by atoms with Gasteiger partial charge >= 0.3 is 5.97 Å². The number of ether oxygens (including phenoxy) is 1. The molecule has 1 N–H and O–H groups in total. The molecule has 12 atom stereocenters. The second kappa shape index (κ2) is 8.04. The molecule has 0 aromatic carbocycles. The van der Waals surface area contributed by atoms with Gasteiger partial charge in [0.1, 0.15) is 11.4 Å². The summed E-state index contributed by atoms with van der Waals surface area (Å²) in [6, 6.07) is 0. The molecule has 0 aromatic rings. The van der Waals surface area contributed by atoms with E-state index in [0.717, 1.165) is 38.8 Å². The van der Waals surface area contributed by atoms with Crippen molar-refractivity contribution in [2.24, 2.45) is 52.8 Å². The van der Waals surface area contributed by atoms with E-state index < -0.39 is 11.2 Å². The van der Waals surface area contributed by atoms with Crippen molar-refractivity contribution in [2.45, 2.75) is 116 Å². The van der Waals surface area contributed by atoms with Gasteiger partial charge < -0.3 is 9.84 Å².